The van der Waals surface area contributed by atoms with E-state index in [9.17, 15) is 4.79 Å². The summed E-state index contributed by atoms with van der Waals surface area (Å²) >= 11 is 0. The number of fused-ring (bicyclic) bond motifs is 1. The van der Waals surface area contributed by atoms with E-state index in [0.717, 1.165) is 30.5 Å². The highest BCUT2D eigenvalue weighted by Crippen LogP contribution is 2.59. The summed E-state index contributed by atoms with van der Waals surface area (Å²) in [7, 11) is 0. The summed E-state index contributed by atoms with van der Waals surface area (Å²) in [5.41, 5.74) is 2.90. The molecule has 1 saturated carbocycles. The topological polar surface area (TPSA) is 54.9 Å². The van der Waals surface area contributed by atoms with E-state index in [1.54, 1.807) is 24.2 Å². The minimum absolute atomic E-state index is 0.104. The molecule has 4 heteroatoms. The predicted molar refractivity (Wildman–Crippen MR) is 86.1 cm³/mol. The van der Waals surface area contributed by atoms with E-state index in [4.69, 9.17) is 0 Å². The van der Waals surface area contributed by atoms with Gasteiger partial charge in [0.1, 0.15) is 0 Å². The van der Waals surface area contributed by atoms with Crippen molar-refractivity contribution in [2.45, 2.75) is 46.0 Å². The number of carbonyl (C=O) groups is 1. The molecular formula is C18H25N3O. The zero-order chi connectivity index (χ0) is 15.6. The first-order chi connectivity index (χ1) is 10.6. The maximum absolute atomic E-state index is 11.9. The largest absolute Gasteiger partial charge is 0.356 e. The lowest BCUT2D eigenvalue weighted by molar-refractivity contribution is -0.121. The van der Waals surface area contributed by atoms with Crippen molar-refractivity contribution < 1.29 is 4.79 Å². The lowest BCUT2D eigenvalue weighted by Crippen LogP contribution is -2.48. The predicted octanol–water partition coefficient (Wildman–Crippen LogP) is 2.91. The lowest BCUT2D eigenvalue weighted by Gasteiger charge is -2.56. The third-order valence-electron chi connectivity index (χ3n) is 5.54. The fourth-order valence-electron chi connectivity index (χ4n) is 3.89. The number of aromatic nitrogens is 2. The van der Waals surface area contributed by atoms with Gasteiger partial charge in [-0.2, -0.15) is 0 Å². The summed E-state index contributed by atoms with van der Waals surface area (Å²) < 4.78 is 0. The monoisotopic (exact) mass is 299 g/mol. The number of rotatable bonds is 6. The number of aryl methyl sites for hydroxylation is 1. The van der Waals surface area contributed by atoms with E-state index in [-0.39, 0.29) is 5.91 Å². The van der Waals surface area contributed by atoms with Crippen molar-refractivity contribution in [3.8, 4) is 0 Å². The van der Waals surface area contributed by atoms with E-state index >= 15 is 0 Å². The van der Waals surface area contributed by atoms with Crippen LogP contribution in [0.5, 0.6) is 0 Å². The van der Waals surface area contributed by atoms with Gasteiger partial charge in [0.15, 0.2) is 0 Å². The molecule has 1 aromatic rings. The van der Waals surface area contributed by atoms with Gasteiger partial charge in [-0.1, -0.05) is 25.5 Å². The Hall–Kier alpha value is -1.71. The zero-order valence-corrected chi connectivity index (χ0v) is 13.5. The fraction of sp³-hybridized carbons (Fsp3) is 0.611. The average molecular weight is 299 g/mol. The van der Waals surface area contributed by atoms with Gasteiger partial charge < -0.3 is 5.32 Å². The molecule has 0 unspecified atom stereocenters. The molecule has 3 aliphatic carbocycles. The Morgan fingerprint density at radius 3 is 2.91 bits per heavy atom. The number of nitrogens with one attached hydrogen (secondary N) is 1. The van der Waals surface area contributed by atoms with Crippen LogP contribution in [-0.4, -0.2) is 22.4 Å². The number of hydrogen-bond acceptors (Lipinski definition) is 3. The summed E-state index contributed by atoms with van der Waals surface area (Å²) in [6.45, 7) is 5.53. The van der Waals surface area contributed by atoms with E-state index in [0.29, 0.717) is 18.3 Å². The second-order valence-electron chi connectivity index (χ2n) is 7.12. The normalized spacial score (nSPS) is 25.1. The van der Waals surface area contributed by atoms with Crippen LogP contribution in [0, 0.1) is 17.3 Å². The molecule has 2 atom stereocenters. The summed E-state index contributed by atoms with van der Waals surface area (Å²) in [6, 6.07) is 0. The molecule has 118 valence electrons. The Morgan fingerprint density at radius 2 is 2.23 bits per heavy atom. The molecule has 2 bridgehead atoms. The summed E-state index contributed by atoms with van der Waals surface area (Å²) in [4.78, 5) is 20.1. The van der Waals surface area contributed by atoms with Gasteiger partial charge in [0.2, 0.25) is 5.91 Å². The van der Waals surface area contributed by atoms with Crippen LogP contribution >= 0.6 is 0 Å². The number of hydrogen-bond donors (Lipinski definition) is 1. The fourth-order valence-corrected chi connectivity index (χ4v) is 3.89. The molecule has 1 heterocycles. The Labute approximate surface area is 132 Å². The zero-order valence-electron chi connectivity index (χ0n) is 13.5. The molecule has 1 N–H and O–H groups in total. The van der Waals surface area contributed by atoms with E-state index in [2.05, 4.69) is 35.2 Å². The molecule has 0 spiro atoms. The van der Waals surface area contributed by atoms with Crippen LogP contribution in [-0.2, 0) is 11.2 Å². The van der Waals surface area contributed by atoms with Gasteiger partial charge in [0, 0.05) is 31.6 Å². The molecule has 1 fully saturated rings. The summed E-state index contributed by atoms with van der Waals surface area (Å²) in [5.74, 6) is 1.72. The van der Waals surface area contributed by atoms with Gasteiger partial charge in [-0.15, -0.1) is 0 Å². The van der Waals surface area contributed by atoms with Gasteiger partial charge in [-0.05, 0) is 42.9 Å². The van der Waals surface area contributed by atoms with E-state index in [1.807, 2.05) is 0 Å². The maximum atomic E-state index is 11.9. The Bertz CT molecular complexity index is 565. The molecule has 0 aromatic carbocycles. The van der Waals surface area contributed by atoms with Gasteiger partial charge in [0.25, 0.3) is 0 Å². The molecule has 0 radical (unpaired) electrons. The number of carbonyl (C=O) groups excluding carboxylic acids is 1. The molecule has 0 saturated heterocycles. The van der Waals surface area contributed by atoms with Crippen molar-refractivity contribution in [3.63, 3.8) is 0 Å². The van der Waals surface area contributed by atoms with E-state index in [1.165, 1.54) is 12.8 Å². The van der Waals surface area contributed by atoms with Crippen molar-refractivity contribution in [2.24, 2.45) is 17.3 Å². The molecule has 3 aliphatic rings. The molecule has 1 aromatic heterocycles. The second kappa shape index (κ2) is 6.19. The van der Waals surface area contributed by atoms with Crippen LogP contribution in [0.2, 0.25) is 0 Å². The first-order valence-electron chi connectivity index (χ1n) is 8.28. The van der Waals surface area contributed by atoms with Crippen molar-refractivity contribution >= 4 is 5.91 Å². The molecule has 1 amide bonds. The van der Waals surface area contributed by atoms with Crippen LogP contribution in [0.25, 0.3) is 0 Å². The van der Waals surface area contributed by atoms with Crippen LogP contribution in [0.3, 0.4) is 0 Å². The van der Waals surface area contributed by atoms with Crippen LogP contribution in [0.15, 0.2) is 30.2 Å². The maximum Gasteiger partial charge on any atom is 0.220 e. The van der Waals surface area contributed by atoms with Crippen molar-refractivity contribution in [3.05, 3.63) is 35.9 Å². The average Bonchev–Trinajstić information content (AvgIpc) is 2.54. The van der Waals surface area contributed by atoms with Gasteiger partial charge >= 0.3 is 0 Å². The van der Waals surface area contributed by atoms with Gasteiger partial charge in [0.05, 0.1) is 5.69 Å². The standard InChI is InChI=1S/C18H25N3O/c1-18(2)14-4-3-13(16(18)11-14)7-8-21-17(22)6-5-15-12-19-9-10-20-15/h3,9-10,12,14,16H,4-8,11H2,1-2H3,(H,21,22)/t14-,16-/m0/s1. The van der Waals surface area contributed by atoms with Crippen molar-refractivity contribution in [1.29, 1.82) is 0 Å². The Balaban J connectivity index is 1.38. The number of amides is 1. The third kappa shape index (κ3) is 3.06. The molecule has 4 rings (SSSR count). The Kier molecular flexibility index (Phi) is 4.27. The highest BCUT2D eigenvalue weighted by molar-refractivity contribution is 5.76. The van der Waals surface area contributed by atoms with Crippen molar-refractivity contribution in [1.82, 2.24) is 15.3 Å². The first kappa shape index (κ1) is 15.2. The SMILES string of the molecule is CC1(C)[C@H]2CC=C(CCNC(=O)CCc3cnccn3)[C@@H]1C2. The summed E-state index contributed by atoms with van der Waals surface area (Å²) in [5, 5.41) is 3.04. The molecule has 22 heavy (non-hydrogen) atoms. The Morgan fingerprint density at radius 1 is 1.36 bits per heavy atom. The van der Waals surface area contributed by atoms with Gasteiger partial charge in [-0.25, -0.2) is 0 Å². The van der Waals surface area contributed by atoms with Crippen LogP contribution in [0.1, 0.15) is 45.2 Å². The second-order valence-corrected chi connectivity index (χ2v) is 7.12. The smallest absolute Gasteiger partial charge is 0.220 e. The molecule has 0 aliphatic heterocycles. The third-order valence-corrected chi connectivity index (χ3v) is 5.54. The van der Waals surface area contributed by atoms with Crippen LogP contribution < -0.4 is 5.32 Å². The minimum atomic E-state index is 0.104. The minimum Gasteiger partial charge on any atom is -0.356 e. The van der Waals surface area contributed by atoms with E-state index < -0.39 is 0 Å². The lowest BCUT2D eigenvalue weighted by atomic mass is 9.48. The summed E-state index contributed by atoms with van der Waals surface area (Å²) in [6.07, 6.45) is 12.1. The van der Waals surface area contributed by atoms with Crippen LogP contribution in [0.4, 0.5) is 0 Å². The highest BCUT2D eigenvalue weighted by atomic mass is 16.1. The number of allylic oxidation sites excluding steroid dienone is 1. The number of nitrogens with zero attached hydrogens (tertiary/aromatic N) is 2. The molecule has 4 nitrogen and oxygen atoms in total. The quantitative estimate of drug-likeness (QED) is 0.822. The first-order valence-corrected chi connectivity index (χ1v) is 8.28. The van der Waals surface area contributed by atoms with Crippen molar-refractivity contribution in [2.75, 3.05) is 6.54 Å². The van der Waals surface area contributed by atoms with Gasteiger partial charge in [-0.3, -0.25) is 14.8 Å². The highest BCUT2D eigenvalue weighted by Gasteiger charge is 2.50. The molecular weight excluding hydrogens is 274 g/mol.